The largest absolute Gasteiger partial charge is 0.375 e. The summed E-state index contributed by atoms with van der Waals surface area (Å²) in [7, 11) is 0. The molecule has 2 amide bonds. The zero-order valence-corrected chi connectivity index (χ0v) is 15.4. The lowest BCUT2D eigenvalue weighted by Crippen LogP contribution is -2.16. The molecule has 0 radical (unpaired) electrons. The number of hydrogen-bond donors (Lipinski definition) is 3. The maximum atomic E-state index is 14.2. The number of amides is 2. The standard InChI is InChI=1S/C16H14FN5O2S2/c1-7-3-10(17)9(13(23)22-16-20-5-8(2)25-16)4-11(7)21-14(24)12-6-19-15(18)26-12/h3-6H,1-2H3,(H2,18,19)(H,21,24)(H,20,22,23). The number of halogens is 1. The molecule has 2 aromatic heterocycles. The van der Waals surface area contributed by atoms with Crippen molar-refractivity contribution in [2.75, 3.05) is 16.4 Å². The van der Waals surface area contributed by atoms with Crippen LogP contribution in [0.4, 0.5) is 20.3 Å². The maximum absolute atomic E-state index is 14.2. The van der Waals surface area contributed by atoms with Crippen molar-refractivity contribution in [1.82, 2.24) is 9.97 Å². The third-order valence-electron chi connectivity index (χ3n) is 3.40. The number of nitrogens with two attached hydrogens (primary N) is 1. The predicted octanol–water partition coefficient (Wildman–Crippen LogP) is 3.44. The van der Waals surface area contributed by atoms with E-state index in [0.29, 0.717) is 21.3 Å². The third-order valence-corrected chi connectivity index (χ3v) is 5.05. The maximum Gasteiger partial charge on any atom is 0.267 e. The Bertz CT molecular complexity index is 998. The highest BCUT2D eigenvalue weighted by molar-refractivity contribution is 7.17. The Labute approximate surface area is 156 Å². The van der Waals surface area contributed by atoms with Crippen molar-refractivity contribution in [1.29, 1.82) is 0 Å². The third kappa shape index (κ3) is 3.86. The quantitative estimate of drug-likeness (QED) is 0.631. The zero-order valence-electron chi connectivity index (χ0n) is 13.8. The number of aromatic nitrogens is 2. The van der Waals surface area contributed by atoms with Gasteiger partial charge < -0.3 is 11.1 Å². The Hall–Kier alpha value is -2.85. The highest BCUT2D eigenvalue weighted by Crippen LogP contribution is 2.24. The second-order valence-corrected chi connectivity index (χ2v) is 7.69. The van der Waals surface area contributed by atoms with Crippen LogP contribution in [0.2, 0.25) is 0 Å². The molecule has 3 rings (SSSR count). The predicted molar refractivity (Wildman–Crippen MR) is 100 cm³/mol. The van der Waals surface area contributed by atoms with Crippen molar-refractivity contribution in [3.8, 4) is 0 Å². The van der Waals surface area contributed by atoms with E-state index in [1.807, 2.05) is 6.92 Å². The van der Waals surface area contributed by atoms with Crippen molar-refractivity contribution in [2.45, 2.75) is 13.8 Å². The number of benzene rings is 1. The van der Waals surface area contributed by atoms with Crippen LogP contribution >= 0.6 is 22.7 Å². The van der Waals surface area contributed by atoms with Crippen LogP contribution in [0.5, 0.6) is 0 Å². The number of carbonyl (C=O) groups excluding carboxylic acids is 2. The van der Waals surface area contributed by atoms with E-state index in [1.165, 1.54) is 29.7 Å². The lowest BCUT2D eigenvalue weighted by atomic mass is 10.1. The number of anilines is 3. The summed E-state index contributed by atoms with van der Waals surface area (Å²) >= 11 is 2.31. The van der Waals surface area contributed by atoms with E-state index in [1.54, 1.807) is 13.1 Å². The van der Waals surface area contributed by atoms with Gasteiger partial charge in [-0.05, 0) is 31.5 Å². The molecule has 0 spiro atoms. The number of carbonyl (C=O) groups is 2. The molecule has 134 valence electrons. The average Bonchev–Trinajstić information content (AvgIpc) is 3.18. The summed E-state index contributed by atoms with van der Waals surface area (Å²) in [6.07, 6.45) is 2.96. The van der Waals surface area contributed by atoms with Crippen LogP contribution in [-0.4, -0.2) is 21.8 Å². The Morgan fingerprint density at radius 2 is 1.85 bits per heavy atom. The molecule has 0 fully saturated rings. The van der Waals surface area contributed by atoms with Crippen LogP contribution < -0.4 is 16.4 Å². The first-order valence-corrected chi connectivity index (χ1v) is 9.03. The fraction of sp³-hybridized carbons (Fsp3) is 0.125. The smallest absolute Gasteiger partial charge is 0.267 e. The highest BCUT2D eigenvalue weighted by Gasteiger charge is 2.18. The van der Waals surface area contributed by atoms with E-state index in [0.717, 1.165) is 16.2 Å². The second-order valence-electron chi connectivity index (χ2n) is 5.39. The van der Waals surface area contributed by atoms with Crippen molar-refractivity contribution < 1.29 is 14.0 Å². The van der Waals surface area contributed by atoms with Crippen LogP contribution in [0, 0.1) is 19.7 Å². The topological polar surface area (TPSA) is 110 Å². The van der Waals surface area contributed by atoms with Crippen LogP contribution in [0.3, 0.4) is 0 Å². The van der Waals surface area contributed by atoms with Gasteiger partial charge in [0.05, 0.1) is 11.8 Å². The summed E-state index contributed by atoms with van der Waals surface area (Å²) in [4.78, 5) is 33.7. The van der Waals surface area contributed by atoms with E-state index in [-0.39, 0.29) is 10.7 Å². The monoisotopic (exact) mass is 391 g/mol. The minimum atomic E-state index is -0.687. The second kappa shape index (κ2) is 7.18. The van der Waals surface area contributed by atoms with E-state index in [2.05, 4.69) is 20.6 Å². The number of thiazole rings is 2. The molecule has 7 nitrogen and oxygen atoms in total. The molecule has 0 atom stereocenters. The molecular weight excluding hydrogens is 377 g/mol. The Kier molecular flexibility index (Phi) is 4.96. The van der Waals surface area contributed by atoms with Gasteiger partial charge in [-0.3, -0.25) is 14.9 Å². The lowest BCUT2D eigenvalue weighted by Gasteiger charge is -2.11. The first-order valence-electron chi connectivity index (χ1n) is 7.40. The number of nitrogen functional groups attached to an aromatic ring is 1. The molecule has 0 aliphatic heterocycles. The van der Waals surface area contributed by atoms with E-state index >= 15 is 0 Å². The van der Waals surface area contributed by atoms with Crippen LogP contribution in [-0.2, 0) is 0 Å². The summed E-state index contributed by atoms with van der Waals surface area (Å²) in [5.41, 5.74) is 6.13. The minimum Gasteiger partial charge on any atom is -0.375 e. The van der Waals surface area contributed by atoms with Crippen LogP contribution in [0.15, 0.2) is 24.5 Å². The minimum absolute atomic E-state index is 0.192. The van der Waals surface area contributed by atoms with Gasteiger partial charge in [-0.1, -0.05) is 11.3 Å². The van der Waals surface area contributed by atoms with Gasteiger partial charge in [0.25, 0.3) is 11.8 Å². The molecule has 1 aromatic carbocycles. The summed E-state index contributed by atoms with van der Waals surface area (Å²) in [6.45, 7) is 3.48. The Morgan fingerprint density at radius 1 is 1.08 bits per heavy atom. The fourth-order valence-electron chi connectivity index (χ4n) is 2.13. The molecule has 3 aromatic rings. The molecular formula is C16H14FN5O2S2. The van der Waals surface area contributed by atoms with Crippen molar-refractivity contribution in [3.63, 3.8) is 0 Å². The molecule has 0 aliphatic rings. The van der Waals surface area contributed by atoms with Gasteiger partial charge in [0.2, 0.25) is 0 Å². The van der Waals surface area contributed by atoms with Gasteiger partial charge in [-0.15, -0.1) is 11.3 Å². The molecule has 0 saturated carbocycles. The van der Waals surface area contributed by atoms with Crippen molar-refractivity contribution >= 4 is 50.4 Å². The number of rotatable bonds is 4. The fourth-order valence-corrected chi connectivity index (χ4v) is 3.37. The molecule has 2 heterocycles. The lowest BCUT2D eigenvalue weighted by molar-refractivity contribution is 0.101. The molecule has 0 unspecified atom stereocenters. The first-order chi connectivity index (χ1) is 12.3. The first kappa shape index (κ1) is 18.0. The molecule has 0 bridgehead atoms. The van der Waals surface area contributed by atoms with Gasteiger partial charge in [0.1, 0.15) is 10.7 Å². The van der Waals surface area contributed by atoms with Crippen molar-refractivity contribution in [3.05, 3.63) is 51.2 Å². The summed E-state index contributed by atoms with van der Waals surface area (Å²) < 4.78 is 14.2. The van der Waals surface area contributed by atoms with Gasteiger partial charge in [-0.25, -0.2) is 14.4 Å². The number of hydrogen-bond acceptors (Lipinski definition) is 7. The van der Waals surface area contributed by atoms with Gasteiger partial charge >= 0.3 is 0 Å². The van der Waals surface area contributed by atoms with E-state index in [9.17, 15) is 14.0 Å². The SMILES string of the molecule is Cc1cnc(NC(=O)c2cc(NC(=O)c3cnc(N)s3)c(C)cc2F)s1. The van der Waals surface area contributed by atoms with Crippen LogP contribution in [0.25, 0.3) is 0 Å². The van der Waals surface area contributed by atoms with Gasteiger partial charge in [0.15, 0.2) is 10.3 Å². The number of nitrogens with one attached hydrogen (secondary N) is 2. The molecule has 10 heteroatoms. The normalized spacial score (nSPS) is 10.6. The molecule has 0 aliphatic carbocycles. The zero-order chi connectivity index (χ0) is 18.8. The Balaban J connectivity index is 1.84. The molecule has 26 heavy (non-hydrogen) atoms. The Morgan fingerprint density at radius 3 is 2.46 bits per heavy atom. The highest BCUT2D eigenvalue weighted by atomic mass is 32.1. The summed E-state index contributed by atoms with van der Waals surface area (Å²) in [5, 5.41) is 5.83. The molecule has 0 saturated heterocycles. The summed E-state index contributed by atoms with van der Waals surface area (Å²) in [5.74, 6) is -1.77. The van der Waals surface area contributed by atoms with Crippen LogP contribution in [0.1, 0.15) is 30.5 Å². The number of nitrogens with zero attached hydrogens (tertiary/aromatic N) is 2. The van der Waals surface area contributed by atoms with Gasteiger partial charge in [-0.2, -0.15) is 0 Å². The molecule has 4 N–H and O–H groups in total. The van der Waals surface area contributed by atoms with Gasteiger partial charge in [0, 0.05) is 16.8 Å². The van der Waals surface area contributed by atoms with E-state index < -0.39 is 17.6 Å². The average molecular weight is 391 g/mol. The van der Waals surface area contributed by atoms with Crippen molar-refractivity contribution in [2.24, 2.45) is 0 Å². The summed E-state index contributed by atoms with van der Waals surface area (Å²) in [6, 6.07) is 2.49. The number of aryl methyl sites for hydroxylation is 2. The van der Waals surface area contributed by atoms with E-state index in [4.69, 9.17) is 5.73 Å².